The number of tetrazole rings is 1. The van der Waals surface area contributed by atoms with E-state index in [1.807, 2.05) is 18.2 Å². The zero-order chi connectivity index (χ0) is 10.7. The van der Waals surface area contributed by atoms with Crippen LogP contribution in [0.15, 0.2) is 24.3 Å². The molecular formula is C9H11N5O. The highest BCUT2D eigenvalue weighted by Crippen LogP contribution is 2.20. The van der Waals surface area contributed by atoms with E-state index in [-0.39, 0.29) is 6.61 Å². The summed E-state index contributed by atoms with van der Waals surface area (Å²) in [7, 11) is 0. The van der Waals surface area contributed by atoms with Gasteiger partial charge in [-0.25, -0.2) is 0 Å². The Kier molecular flexibility index (Phi) is 2.59. The first-order chi connectivity index (χ1) is 7.31. The van der Waals surface area contributed by atoms with E-state index in [1.54, 1.807) is 6.07 Å². The molecule has 78 valence electrons. The number of hydrogen-bond acceptors (Lipinski definition) is 5. The summed E-state index contributed by atoms with van der Waals surface area (Å²) in [6.07, 6.45) is 0. The van der Waals surface area contributed by atoms with E-state index in [2.05, 4.69) is 15.4 Å². The van der Waals surface area contributed by atoms with Crippen LogP contribution in [-0.4, -0.2) is 31.9 Å². The molecule has 0 aliphatic carbocycles. The maximum absolute atomic E-state index is 8.70. The van der Waals surface area contributed by atoms with Crippen molar-refractivity contribution in [1.29, 1.82) is 0 Å². The second kappa shape index (κ2) is 4.05. The molecule has 0 amide bonds. The zero-order valence-corrected chi connectivity index (χ0v) is 8.04. The third kappa shape index (κ3) is 1.94. The average Bonchev–Trinajstić information content (AvgIpc) is 2.68. The van der Waals surface area contributed by atoms with Gasteiger partial charge >= 0.3 is 0 Å². The number of aromatic nitrogens is 4. The molecule has 0 unspecified atom stereocenters. The second-order valence-electron chi connectivity index (χ2n) is 3.02. The summed E-state index contributed by atoms with van der Waals surface area (Å²) in [6.45, 7) is 0.319. The molecule has 0 atom stereocenters. The van der Waals surface area contributed by atoms with Crippen molar-refractivity contribution >= 4 is 5.69 Å². The molecule has 0 bridgehead atoms. The van der Waals surface area contributed by atoms with Gasteiger partial charge in [-0.05, 0) is 17.3 Å². The molecule has 0 spiro atoms. The fraction of sp³-hybridized carbons (Fsp3) is 0.222. The molecule has 1 aromatic heterocycles. The van der Waals surface area contributed by atoms with Crippen molar-refractivity contribution < 1.29 is 5.11 Å². The summed E-state index contributed by atoms with van der Waals surface area (Å²) in [6, 6.07) is 7.31. The van der Waals surface area contributed by atoms with Crippen LogP contribution < -0.4 is 5.73 Å². The fourth-order valence-corrected chi connectivity index (χ4v) is 1.24. The molecule has 1 aromatic carbocycles. The number of benzene rings is 1. The van der Waals surface area contributed by atoms with Crippen molar-refractivity contribution in [1.82, 2.24) is 20.2 Å². The number of nitrogen functional groups attached to an aromatic ring is 1. The van der Waals surface area contributed by atoms with Gasteiger partial charge in [-0.15, -0.1) is 10.2 Å². The molecule has 0 saturated heterocycles. The molecule has 3 N–H and O–H groups in total. The summed E-state index contributed by atoms with van der Waals surface area (Å²) in [5.41, 5.74) is 7.13. The molecule has 0 fully saturated rings. The molecule has 6 heteroatoms. The Bertz CT molecular complexity index is 453. The molecule has 0 aliphatic rings. The van der Waals surface area contributed by atoms with E-state index in [0.717, 1.165) is 5.56 Å². The second-order valence-corrected chi connectivity index (χ2v) is 3.02. The first kappa shape index (κ1) is 9.60. The van der Waals surface area contributed by atoms with E-state index >= 15 is 0 Å². The number of aliphatic hydroxyl groups excluding tert-OH is 1. The molecule has 0 radical (unpaired) electrons. The van der Waals surface area contributed by atoms with Gasteiger partial charge in [0, 0.05) is 11.3 Å². The quantitative estimate of drug-likeness (QED) is 0.684. The number of nitrogens with zero attached hydrogens (tertiary/aromatic N) is 4. The number of hydrogen-bond donors (Lipinski definition) is 2. The minimum Gasteiger partial charge on any atom is -0.398 e. The molecule has 1 heterocycles. The Hall–Kier alpha value is -1.95. The van der Waals surface area contributed by atoms with Crippen LogP contribution in [0, 0.1) is 0 Å². The van der Waals surface area contributed by atoms with Crippen LogP contribution in [0.4, 0.5) is 5.69 Å². The molecule has 2 aromatic rings. The number of rotatable bonds is 3. The van der Waals surface area contributed by atoms with Crippen molar-refractivity contribution in [2.45, 2.75) is 6.54 Å². The van der Waals surface area contributed by atoms with Crippen LogP contribution in [0.3, 0.4) is 0 Å². The topological polar surface area (TPSA) is 89.8 Å². The number of aliphatic hydroxyl groups is 1. The van der Waals surface area contributed by atoms with Gasteiger partial charge in [-0.1, -0.05) is 12.1 Å². The van der Waals surface area contributed by atoms with Crippen LogP contribution in [0.5, 0.6) is 0 Å². The van der Waals surface area contributed by atoms with Gasteiger partial charge in [0.2, 0.25) is 5.82 Å². The number of nitrogens with two attached hydrogens (primary N) is 1. The van der Waals surface area contributed by atoms with E-state index in [1.165, 1.54) is 4.80 Å². The normalized spacial score (nSPS) is 10.5. The van der Waals surface area contributed by atoms with E-state index in [4.69, 9.17) is 10.8 Å². The predicted octanol–water partition coefficient (Wildman–Crippen LogP) is -0.0854. The monoisotopic (exact) mass is 205 g/mol. The molecule has 0 aliphatic heterocycles. The summed E-state index contributed by atoms with van der Waals surface area (Å²) in [5, 5.41) is 20.4. The minimum absolute atomic E-state index is 0.0138. The number of anilines is 1. The van der Waals surface area contributed by atoms with Crippen LogP contribution >= 0.6 is 0 Å². The van der Waals surface area contributed by atoms with E-state index < -0.39 is 0 Å². The van der Waals surface area contributed by atoms with Crippen LogP contribution in [-0.2, 0) is 6.54 Å². The number of para-hydroxylation sites is 1. The van der Waals surface area contributed by atoms with Crippen molar-refractivity contribution in [2.24, 2.45) is 0 Å². The smallest absolute Gasteiger partial charge is 0.206 e. The highest BCUT2D eigenvalue weighted by atomic mass is 16.3. The third-order valence-corrected chi connectivity index (χ3v) is 1.95. The van der Waals surface area contributed by atoms with Gasteiger partial charge in [0.05, 0.1) is 13.2 Å². The first-order valence-electron chi connectivity index (χ1n) is 4.55. The highest BCUT2D eigenvalue weighted by molar-refractivity contribution is 5.70. The first-order valence-corrected chi connectivity index (χ1v) is 4.55. The highest BCUT2D eigenvalue weighted by Gasteiger charge is 2.07. The maximum atomic E-state index is 8.70. The van der Waals surface area contributed by atoms with Gasteiger partial charge in [0.1, 0.15) is 0 Å². The summed E-state index contributed by atoms with van der Waals surface area (Å²) in [5.74, 6) is 0.474. The predicted molar refractivity (Wildman–Crippen MR) is 54.8 cm³/mol. The summed E-state index contributed by atoms with van der Waals surface area (Å²) < 4.78 is 0. The van der Waals surface area contributed by atoms with Crippen LogP contribution in [0.1, 0.15) is 0 Å². The molecular weight excluding hydrogens is 194 g/mol. The van der Waals surface area contributed by atoms with Crippen LogP contribution in [0.2, 0.25) is 0 Å². The summed E-state index contributed by atoms with van der Waals surface area (Å²) >= 11 is 0. The zero-order valence-electron chi connectivity index (χ0n) is 8.04. The molecule has 0 saturated carbocycles. The Morgan fingerprint density at radius 3 is 2.87 bits per heavy atom. The lowest BCUT2D eigenvalue weighted by molar-refractivity contribution is 0.259. The Labute approximate surface area is 86.3 Å². The van der Waals surface area contributed by atoms with E-state index in [0.29, 0.717) is 18.1 Å². The van der Waals surface area contributed by atoms with Gasteiger partial charge < -0.3 is 10.8 Å². The molecule has 15 heavy (non-hydrogen) atoms. The van der Waals surface area contributed by atoms with Gasteiger partial charge in [-0.3, -0.25) is 0 Å². The Morgan fingerprint density at radius 1 is 1.33 bits per heavy atom. The summed E-state index contributed by atoms with van der Waals surface area (Å²) in [4.78, 5) is 1.34. The van der Waals surface area contributed by atoms with Gasteiger partial charge in [0.25, 0.3) is 0 Å². The van der Waals surface area contributed by atoms with Crippen molar-refractivity contribution in [2.75, 3.05) is 12.3 Å². The maximum Gasteiger partial charge on any atom is 0.206 e. The average molecular weight is 205 g/mol. The van der Waals surface area contributed by atoms with Gasteiger partial charge in [0.15, 0.2) is 0 Å². The third-order valence-electron chi connectivity index (χ3n) is 1.95. The fourth-order valence-electron chi connectivity index (χ4n) is 1.24. The Morgan fingerprint density at radius 2 is 2.13 bits per heavy atom. The van der Waals surface area contributed by atoms with Crippen molar-refractivity contribution in [3.8, 4) is 11.4 Å². The molecule has 6 nitrogen and oxygen atoms in total. The molecule has 2 rings (SSSR count). The van der Waals surface area contributed by atoms with E-state index in [9.17, 15) is 0 Å². The van der Waals surface area contributed by atoms with Crippen molar-refractivity contribution in [3.05, 3.63) is 24.3 Å². The minimum atomic E-state index is -0.0138. The SMILES string of the molecule is Nc1ccccc1-c1nnn(CCO)n1. The van der Waals surface area contributed by atoms with Crippen LogP contribution in [0.25, 0.3) is 11.4 Å². The van der Waals surface area contributed by atoms with Crippen molar-refractivity contribution in [3.63, 3.8) is 0 Å². The lowest BCUT2D eigenvalue weighted by Crippen LogP contribution is -2.05. The lowest BCUT2D eigenvalue weighted by Gasteiger charge is -1.98. The van der Waals surface area contributed by atoms with Gasteiger partial charge in [-0.2, -0.15) is 4.80 Å². The largest absolute Gasteiger partial charge is 0.398 e. The lowest BCUT2D eigenvalue weighted by atomic mass is 10.2. The standard InChI is InChI=1S/C9H11N5O/c10-8-4-2-1-3-7(8)9-11-13-14(12-9)5-6-15/h1-4,15H,5-6,10H2. The Balaban J connectivity index is 2.33.